The molecule has 0 aliphatic carbocycles. The molecule has 0 heterocycles. The number of hydrogen-bond donors (Lipinski definition) is 2. The van der Waals surface area contributed by atoms with Crippen LogP contribution in [0.3, 0.4) is 0 Å². The van der Waals surface area contributed by atoms with E-state index < -0.39 is 6.10 Å². The number of hydrogen-bond acceptors (Lipinski definition) is 4. The molecule has 0 spiro atoms. The van der Waals surface area contributed by atoms with E-state index in [1.807, 2.05) is 19.1 Å². The molecular formula is C15H24BrNO3. The number of nitrogens with one attached hydrogen (secondary N) is 1. The summed E-state index contributed by atoms with van der Waals surface area (Å²) in [6.45, 7) is 5.33. The van der Waals surface area contributed by atoms with Crippen molar-refractivity contribution in [1.82, 2.24) is 5.32 Å². The van der Waals surface area contributed by atoms with Crippen LogP contribution < -0.4 is 5.32 Å². The van der Waals surface area contributed by atoms with Crippen LogP contribution in [0.1, 0.15) is 25.5 Å². The highest BCUT2D eigenvalue weighted by molar-refractivity contribution is 9.10. The molecule has 2 unspecified atom stereocenters. The molecule has 0 fully saturated rings. The van der Waals surface area contributed by atoms with Crippen LogP contribution in [0, 0.1) is 0 Å². The lowest BCUT2D eigenvalue weighted by atomic mass is 10.1. The van der Waals surface area contributed by atoms with E-state index in [0.717, 1.165) is 4.47 Å². The third-order valence-electron chi connectivity index (χ3n) is 2.98. The Bertz CT molecular complexity index is 389. The quantitative estimate of drug-likeness (QED) is 0.722. The maximum Gasteiger partial charge on any atom is 0.0898 e. The maximum atomic E-state index is 9.88. The molecule has 0 saturated carbocycles. The minimum Gasteiger partial charge on any atom is -0.389 e. The van der Waals surface area contributed by atoms with Gasteiger partial charge in [0.1, 0.15) is 0 Å². The van der Waals surface area contributed by atoms with E-state index in [1.54, 1.807) is 7.11 Å². The van der Waals surface area contributed by atoms with Crippen LogP contribution in [0.5, 0.6) is 0 Å². The number of aliphatic hydroxyl groups is 1. The molecule has 0 bridgehead atoms. The van der Waals surface area contributed by atoms with E-state index in [4.69, 9.17) is 9.47 Å². The third-order valence-corrected chi connectivity index (χ3v) is 3.48. The van der Waals surface area contributed by atoms with Gasteiger partial charge in [-0.15, -0.1) is 0 Å². The minimum absolute atomic E-state index is 0.00264. The van der Waals surface area contributed by atoms with Gasteiger partial charge < -0.3 is 19.9 Å². The molecule has 5 heteroatoms. The predicted molar refractivity (Wildman–Crippen MR) is 83.9 cm³/mol. The van der Waals surface area contributed by atoms with E-state index >= 15 is 0 Å². The second-order valence-electron chi connectivity index (χ2n) is 4.94. The lowest BCUT2D eigenvalue weighted by molar-refractivity contribution is -0.0315. The van der Waals surface area contributed by atoms with Crippen molar-refractivity contribution in [3.63, 3.8) is 0 Å². The van der Waals surface area contributed by atoms with Crippen molar-refractivity contribution < 1.29 is 14.6 Å². The molecule has 20 heavy (non-hydrogen) atoms. The number of rotatable bonds is 9. The molecule has 4 nitrogen and oxygen atoms in total. The number of halogens is 1. The second-order valence-corrected chi connectivity index (χ2v) is 5.85. The summed E-state index contributed by atoms with van der Waals surface area (Å²) in [5.74, 6) is 0. The molecule has 0 aromatic heterocycles. The normalized spacial score (nSPS) is 15.8. The Morgan fingerprint density at radius 1 is 1.30 bits per heavy atom. The van der Waals surface area contributed by atoms with Crippen molar-refractivity contribution in [1.29, 1.82) is 0 Å². The Balaban J connectivity index is 2.28. The summed E-state index contributed by atoms with van der Waals surface area (Å²) in [6.07, 6.45) is -0.527. The average Bonchev–Trinajstić information content (AvgIpc) is 2.43. The zero-order chi connectivity index (χ0) is 15.0. The Morgan fingerprint density at radius 3 is 2.70 bits per heavy atom. The first-order chi connectivity index (χ1) is 9.52. The summed E-state index contributed by atoms with van der Waals surface area (Å²) >= 11 is 3.46. The van der Waals surface area contributed by atoms with E-state index in [-0.39, 0.29) is 12.1 Å². The molecule has 0 saturated heterocycles. The Labute approximate surface area is 129 Å². The molecule has 0 radical (unpaired) electrons. The topological polar surface area (TPSA) is 50.7 Å². The van der Waals surface area contributed by atoms with Crippen LogP contribution in [-0.4, -0.2) is 44.2 Å². The summed E-state index contributed by atoms with van der Waals surface area (Å²) in [4.78, 5) is 0. The van der Waals surface area contributed by atoms with Gasteiger partial charge in [0.15, 0.2) is 0 Å². The molecule has 114 valence electrons. The van der Waals surface area contributed by atoms with Crippen molar-refractivity contribution in [2.45, 2.75) is 32.1 Å². The van der Waals surface area contributed by atoms with Crippen molar-refractivity contribution in [3.8, 4) is 0 Å². The molecule has 1 rings (SSSR count). The summed E-state index contributed by atoms with van der Waals surface area (Å²) in [7, 11) is 1.64. The molecule has 0 aliphatic heterocycles. The minimum atomic E-state index is -0.524. The largest absolute Gasteiger partial charge is 0.389 e. The highest BCUT2D eigenvalue weighted by Crippen LogP contribution is 2.17. The van der Waals surface area contributed by atoms with Crippen molar-refractivity contribution >= 4 is 15.9 Å². The van der Waals surface area contributed by atoms with E-state index in [1.165, 1.54) is 5.56 Å². The molecule has 0 amide bonds. The first-order valence-corrected chi connectivity index (χ1v) is 7.59. The van der Waals surface area contributed by atoms with Gasteiger partial charge in [0.05, 0.1) is 25.4 Å². The molecule has 0 aliphatic rings. The van der Waals surface area contributed by atoms with Crippen LogP contribution in [-0.2, 0) is 9.47 Å². The first-order valence-electron chi connectivity index (χ1n) is 6.80. The molecule has 3 atom stereocenters. The van der Waals surface area contributed by atoms with E-state index in [9.17, 15) is 5.11 Å². The van der Waals surface area contributed by atoms with Crippen LogP contribution in [0.2, 0.25) is 0 Å². The monoisotopic (exact) mass is 345 g/mol. The van der Waals surface area contributed by atoms with Crippen LogP contribution in [0.4, 0.5) is 0 Å². The number of methoxy groups -OCH3 is 1. The zero-order valence-electron chi connectivity index (χ0n) is 12.3. The molecule has 2 N–H and O–H groups in total. The SMILES string of the molecule is COCC(C)OCC(O)CN[C@@H](C)c1cccc(Br)c1. The summed E-state index contributed by atoms with van der Waals surface area (Å²) < 4.78 is 11.5. The fourth-order valence-corrected chi connectivity index (χ4v) is 2.24. The smallest absolute Gasteiger partial charge is 0.0898 e. The Kier molecular flexibility index (Phi) is 8.33. The van der Waals surface area contributed by atoms with Crippen LogP contribution in [0.25, 0.3) is 0 Å². The van der Waals surface area contributed by atoms with E-state index in [2.05, 4.69) is 40.3 Å². The Morgan fingerprint density at radius 2 is 2.05 bits per heavy atom. The van der Waals surface area contributed by atoms with Gasteiger partial charge >= 0.3 is 0 Å². The zero-order valence-corrected chi connectivity index (χ0v) is 13.9. The average molecular weight is 346 g/mol. The van der Waals surface area contributed by atoms with Gasteiger partial charge in [0.25, 0.3) is 0 Å². The number of benzene rings is 1. The third kappa shape index (κ3) is 6.81. The summed E-state index contributed by atoms with van der Waals surface area (Å²) in [5, 5.41) is 13.2. The second kappa shape index (κ2) is 9.47. The van der Waals surface area contributed by atoms with Crippen LogP contribution in [0.15, 0.2) is 28.7 Å². The number of ether oxygens (including phenoxy) is 2. The van der Waals surface area contributed by atoms with E-state index in [0.29, 0.717) is 19.8 Å². The van der Waals surface area contributed by atoms with Gasteiger partial charge in [0, 0.05) is 24.2 Å². The first kappa shape index (κ1) is 17.6. The lowest BCUT2D eigenvalue weighted by Gasteiger charge is -2.19. The fourth-order valence-electron chi connectivity index (χ4n) is 1.82. The van der Waals surface area contributed by atoms with Crippen molar-refractivity contribution in [2.75, 3.05) is 26.9 Å². The van der Waals surface area contributed by atoms with Gasteiger partial charge in [-0.05, 0) is 31.5 Å². The van der Waals surface area contributed by atoms with Gasteiger partial charge in [-0.3, -0.25) is 0 Å². The molecule has 1 aromatic rings. The highest BCUT2D eigenvalue weighted by Gasteiger charge is 2.11. The van der Waals surface area contributed by atoms with Crippen LogP contribution >= 0.6 is 15.9 Å². The van der Waals surface area contributed by atoms with Crippen molar-refractivity contribution in [3.05, 3.63) is 34.3 Å². The van der Waals surface area contributed by atoms with Gasteiger partial charge in [-0.2, -0.15) is 0 Å². The summed E-state index contributed by atoms with van der Waals surface area (Å²) in [5.41, 5.74) is 1.18. The van der Waals surface area contributed by atoms with Gasteiger partial charge in [0.2, 0.25) is 0 Å². The Hall–Kier alpha value is -0.460. The van der Waals surface area contributed by atoms with Gasteiger partial charge in [-0.25, -0.2) is 0 Å². The lowest BCUT2D eigenvalue weighted by Crippen LogP contribution is -2.33. The maximum absolute atomic E-state index is 9.88. The highest BCUT2D eigenvalue weighted by atomic mass is 79.9. The van der Waals surface area contributed by atoms with Gasteiger partial charge in [-0.1, -0.05) is 28.1 Å². The fraction of sp³-hybridized carbons (Fsp3) is 0.600. The standard InChI is InChI=1S/C15H24BrNO3/c1-11(9-19-3)20-10-15(18)8-17-12(2)13-5-4-6-14(16)7-13/h4-7,11-12,15,17-18H,8-10H2,1-3H3/t11?,12-,15?/m0/s1. The number of aliphatic hydroxyl groups excluding tert-OH is 1. The summed E-state index contributed by atoms with van der Waals surface area (Å²) in [6, 6.07) is 8.31. The predicted octanol–water partition coefficient (Wildman–Crippen LogP) is 2.51. The molecule has 1 aromatic carbocycles. The van der Waals surface area contributed by atoms with Crippen molar-refractivity contribution in [2.24, 2.45) is 0 Å². The molecular weight excluding hydrogens is 322 g/mol.